The highest BCUT2D eigenvalue weighted by atomic mass is 32.2. The summed E-state index contributed by atoms with van der Waals surface area (Å²) in [5.74, 6) is 0.0836. The van der Waals surface area contributed by atoms with Gasteiger partial charge in [-0.15, -0.1) is 23.5 Å². The molecule has 132 valence electrons. The molecule has 0 aromatic heterocycles. The lowest BCUT2D eigenvalue weighted by Crippen LogP contribution is -1.98. The van der Waals surface area contributed by atoms with E-state index in [-0.39, 0.29) is 11.5 Å². The molecule has 2 aromatic rings. The molecule has 2 N–H and O–H groups in total. The maximum absolute atomic E-state index is 10.5. The summed E-state index contributed by atoms with van der Waals surface area (Å²) < 4.78 is 0. The zero-order valence-electron chi connectivity index (χ0n) is 13.7. The summed E-state index contributed by atoms with van der Waals surface area (Å²) in [5, 5.41) is 17.3. The summed E-state index contributed by atoms with van der Waals surface area (Å²) in [6.45, 7) is 0. The molecule has 0 fully saturated rings. The number of benzene rings is 2. The summed E-state index contributed by atoms with van der Waals surface area (Å²) in [4.78, 5) is 21.0. The second-order valence-electron chi connectivity index (χ2n) is 5.58. The molecule has 0 bridgehead atoms. The van der Waals surface area contributed by atoms with E-state index < -0.39 is 11.9 Å². The zero-order chi connectivity index (χ0) is 18.1. The molecule has 4 nitrogen and oxygen atoms in total. The van der Waals surface area contributed by atoms with Crippen molar-refractivity contribution in [2.75, 3.05) is 11.5 Å². The number of thioether (sulfide) groups is 2. The molecule has 0 spiro atoms. The summed E-state index contributed by atoms with van der Waals surface area (Å²) in [6, 6.07) is 16.5. The van der Waals surface area contributed by atoms with Crippen LogP contribution < -0.4 is 0 Å². The summed E-state index contributed by atoms with van der Waals surface area (Å²) in [5.41, 5.74) is 4.67. The van der Waals surface area contributed by atoms with Gasteiger partial charge in [0.2, 0.25) is 0 Å². The van der Waals surface area contributed by atoms with Gasteiger partial charge in [0.1, 0.15) is 0 Å². The average Bonchev–Trinajstić information content (AvgIpc) is 2.57. The number of carboxylic acid groups (broad SMARTS) is 2. The molecule has 0 saturated carbocycles. The second kappa shape index (κ2) is 10.2. The molecule has 0 aliphatic carbocycles. The number of hydrogen-bond acceptors (Lipinski definition) is 4. The van der Waals surface area contributed by atoms with Crippen molar-refractivity contribution in [3.8, 4) is 0 Å². The van der Waals surface area contributed by atoms with E-state index in [0.29, 0.717) is 11.5 Å². The molecule has 0 unspecified atom stereocenters. The van der Waals surface area contributed by atoms with E-state index in [1.165, 1.54) is 34.7 Å². The van der Waals surface area contributed by atoms with Gasteiger partial charge in [0.05, 0.1) is 11.5 Å². The van der Waals surface area contributed by atoms with Crippen molar-refractivity contribution >= 4 is 35.5 Å². The standard InChI is InChI=1S/C19H20O4S2/c20-18(21)12-24-10-16-5-1-14(2-6-16)9-15-3-7-17(8-4-15)11-25-13-19(22)23/h1-8H,9-13H2,(H,20,21)(H,22,23). The highest BCUT2D eigenvalue weighted by Gasteiger charge is 2.02. The Morgan fingerprint density at radius 3 is 1.28 bits per heavy atom. The van der Waals surface area contributed by atoms with Gasteiger partial charge >= 0.3 is 11.9 Å². The van der Waals surface area contributed by atoms with Crippen molar-refractivity contribution in [3.05, 3.63) is 70.8 Å². The number of rotatable bonds is 10. The van der Waals surface area contributed by atoms with Gasteiger partial charge in [-0.05, 0) is 28.7 Å². The largest absolute Gasteiger partial charge is 0.481 e. The molecular weight excluding hydrogens is 356 g/mol. The number of carboxylic acids is 2. The van der Waals surface area contributed by atoms with E-state index in [1.807, 2.05) is 24.3 Å². The van der Waals surface area contributed by atoms with Crippen LogP contribution in [0.4, 0.5) is 0 Å². The zero-order valence-corrected chi connectivity index (χ0v) is 15.3. The lowest BCUT2D eigenvalue weighted by atomic mass is 10.0. The Balaban J connectivity index is 1.83. The van der Waals surface area contributed by atoms with Gasteiger partial charge in [-0.25, -0.2) is 0 Å². The van der Waals surface area contributed by atoms with Crippen LogP contribution in [-0.4, -0.2) is 33.7 Å². The van der Waals surface area contributed by atoms with Crippen LogP contribution in [0.15, 0.2) is 48.5 Å². The van der Waals surface area contributed by atoms with Gasteiger partial charge in [0, 0.05) is 11.5 Å². The molecule has 0 saturated heterocycles. The third kappa shape index (κ3) is 7.67. The van der Waals surface area contributed by atoms with E-state index in [1.54, 1.807) is 0 Å². The Kier molecular flexibility index (Phi) is 7.88. The Morgan fingerprint density at radius 1 is 0.640 bits per heavy atom. The van der Waals surface area contributed by atoms with Crippen molar-refractivity contribution in [2.45, 2.75) is 17.9 Å². The van der Waals surface area contributed by atoms with Crippen molar-refractivity contribution < 1.29 is 19.8 Å². The Bertz CT molecular complexity index is 635. The third-order valence-corrected chi connectivity index (χ3v) is 5.42. The Morgan fingerprint density at radius 2 is 0.960 bits per heavy atom. The summed E-state index contributed by atoms with van der Waals surface area (Å²) in [7, 11) is 0. The van der Waals surface area contributed by atoms with E-state index in [0.717, 1.165) is 17.5 Å². The first-order valence-electron chi connectivity index (χ1n) is 7.77. The molecule has 0 amide bonds. The maximum Gasteiger partial charge on any atom is 0.313 e. The van der Waals surface area contributed by atoms with E-state index >= 15 is 0 Å². The van der Waals surface area contributed by atoms with Crippen LogP contribution in [0.5, 0.6) is 0 Å². The molecular formula is C19H20O4S2. The molecule has 2 aromatic carbocycles. The minimum absolute atomic E-state index is 0.124. The fraction of sp³-hybridized carbons (Fsp3) is 0.263. The van der Waals surface area contributed by atoms with E-state index in [2.05, 4.69) is 24.3 Å². The SMILES string of the molecule is O=C(O)CSCc1ccc(Cc2ccc(CSCC(=O)O)cc2)cc1. The monoisotopic (exact) mass is 376 g/mol. The first-order valence-corrected chi connectivity index (χ1v) is 10.1. The number of hydrogen-bond donors (Lipinski definition) is 2. The molecule has 0 atom stereocenters. The van der Waals surface area contributed by atoms with Crippen LogP contribution in [-0.2, 0) is 27.5 Å². The topological polar surface area (TPSA) is 74.6 Å². The highest BCUT2D eigenvalue weighted by Crippen LogP contribution is 2.17. The van der Waals surface area contributed by atoms with Gasteiger partial charge in [-0.1, -0.05) is 48.5 Å². The predicted molar refractivity (Wildman–Crippen MR) is 103 cm³/mol. The van der Waals surface area contributed by atoms with Crippen LogP contribution in [0.2, 0.25) is 0 Å². The minimum Gasteiger partial charge on any atom is -0.481 e. The fourth-order valence-corrected chi connectivity index (χ4v) is 3.66. The summed E-state index contributed by atoms with van der Waals surface area (Å²) >= 11 is 2.79. The minimum atomic E-state index is -0.786. The van der Waals surface area contributed by atoms with Gasteiger partial charge < -0.3 is 10.2 Å². The van der Waals surface area contributed by atoms with Crippen LogP contribution in [0.1, 0.15) is 22.3 Å². The number of aliphatic carboxylic acids is 2. The molecule has 2 rings (SSSR count). The first kappa shape index (κ1) is 19.4. The van der Waals surface area contributed by atoms with Crippen LogP contribution in [0.25, 0.3) is 0 Å². The molecule has 0 heterocycles. The third-order valence-electron chi connectivity index (χ3n) is 3.44. The molecule has 6 heteroatoms. The van der Waals surface area contributed by atoms with Crippen LogP contribution in [0, 0.1) is 0 Å². The van der Waals surface area contributed by atoms with Crippen LogP contribution in [0.3, 0.4) is 0 Å². The van der Waals surface area contributed by atoms with Gasteiger partial charge in [-0.2, -0.15) is 0 Å². The lowest BCUT2D eigenvalue weighted by molar-refractivity contribution is -0.134. The van der Waals surface area contributed by atoms with Gasteiger partial charge in [0.15, 0.2) is 0 Å². The second-order valence-corrected chi connectivity index (χ2v) is 7.55. The van der Waals surface area contributed by atoms with Crippen molar-refractivity contribution in [3.63, 3.8) is 0 Å². The normalized spacial score (nSPS) is 10.6. The lowest BCUT2D eigenvalue weighted by Gasteiger charge is -2.06. The first-order chi connectivity index (χ1) is 12.0. The van der Waals surface area contributed by atoms with Gasteiger partial charge in [0.25, 0.3) is 0 Å². The molecule has 25 heavy (non-hydrogen) atoms. The quantitative estimate of drug-likeness (QED) is 0.655. The van der Waals surface area contributed by atoms with Crippen molar-refractivity contribution in [2.24, 2.45) is 0 Å². The smallest absolute Gasteiger partial charge is 0.313 e. The van der Waals surface area contributed by atoms with Crippen molar-refractivity contribution in [1.82, 2.24) is 0 Å². The number of carbonyl (C=O) groups is 2. The molecule has 0 aliphatic rings. The average molecular weight is 376 g/mol. The maximum atomic E-state index is 10.5. The van der Waals surface area contributed by atoms with Crippen molar-refractivity contribution in [1.29, 1.82) is 0 Å². The fourth-order valence-electron chi connectivity index (χ4n) is 2.25. The van der Waals surface area contributed by atoms with E-state index in [9.17, 15) is 9.59 Å². The van der Waals surface area contributed by atoms with E-state index in [4.69, 9.17) is 10.2 Å². The summed E-state index contributed by atoms with van der Waals surface area (Å²) in [6.07, 6.45) is 0.838. The van der Waals surface area contributed by atoms with Gasteiger partial charge in [-0.3, -0.25) is 9.59 Å². The Labute approximate surface area is 155 Å². The highest BCUT2D eigenvalue weighted by molar-refractivity contribution is 7.99. The predicted octanol–water partition coefficient (Wildman–Crippen LogP) is 3.91. The Hall–Kier alpha value is -1.92. The molecule has 0 radical (unpaired) electrons. The van der Waals surface area contributed by atoms with Crippen LogP contribution >= 0.6 is 23.5 Å². The molecule has 0 aliphatic heterocycles.